The molecule has 10 heteroatoms. The monoisotopic (exact) mass is 718 g/mol. The van der Waals surface area contributed by atoms with E-state index < -0.39 is 0 Å². The zero-order chi connectivity index (χ0) is 33.5. The van der Waals surface area contributed by atoms with Gasteiger partial charge in [-0.1, -0.05) is 82.8 Å². The first-order chi connectivity index (χ1) is 22.6. The number of hydrogen-bond acceptors (Lipinski definition) is 5. The Morgan fingerprint density at radius 3 is 2.36 bits per heavy atom. The van der Waals surface area contributed by atoms with Crippen LogP contribution in [0.15, 0.2) is 54.6 Å². The summed E-state index contributed by atoms with van der Waals surface area (Å²) in [5.74, 6) is 0.415. The molecule has 2 aliphatic carbocycles. The van der Waals surface area contributed by atoms with E-state index in [4.69, 9.17) is 55.9 Å². The minimum Gasteiger partial charge on any atom is -0.490 e. The standard InChI is InChI=1S/C37H42Cl4N2O4/c1-3-46-37(45)30-19-27(30)20-42-21-28(36(44)43(29-13-14-29)22-26-7-4-8-31(38)34(26)41)18-25-11-9-24(10-12-25)6-5-15-47-35-32(39)16-23(2)17-33(35)40/h4,7-12,16-17,27-30,42H,3,5-6,13-15,18-22H2,1-2H3. The number of rotatable bonds is 17. The van der Waals surface area contributed by atoms with Crippen LogP contribution in [0.1, 0.15) is 54.9 Å². The molecule has 0 heterocycles. The molecule has 1 N–H and O–H groups in total. The van der Waals surface area contributed by atoms with Crippen molar-refractivity contribution in [3.63, 3.8) is 0 Å². The van der Waals surface area contributed by atoms with Crippen LogP contribution in [0.3, 0.4) is 0 Å². The second-order valence-electron chi connectivity index (χ2n) is 12.7. The van der Waals surface area contributed by atoms with Crippen LogP contribution in [0, 0.1) is 24.7 Å². The van der Waals surface area contributed by atoms with E-state index in [-0.39, 0.29) is 35.7 Å². The van der Waals surface area contributed by atoms with Gasteiger partial charge in [0.05, 0.1) is 45.1 Å². The fourth-order valence-corrected chi connectivity index (χ4v) is 7.05. The molecule has 3 aromatic rings. The highest BCUT2D eigenvalue weighted by Crippen LogP contribution is 2.39. The molecule has 0 spiro atoms. The highest BCUT2D eigenvalue weighted by Gasteiger charge is 2.44. The van der Waals surface area contributed by atoms with Crippen molar-refractivity contribution in [2.45, 2.75) is 65.0 Å². The van der Waals surface area contributed by atoms with Gasteiger partial charge in [0.15, 0.2) is 5.75 Å². The van der Waals surface area contributed by atoms with E-state index in [2.05, 4.69) is 29.6 Å². The molecule has 0 saturated heterocycles. The van der Waals surface area contributed by atoms with Crippen molar-refractivity contribution in [1.82, 2.24) is 10.2 Å². The maximum atomic E-state index is 14.2. The quantitative estimate of drug-likeness (QED) is 0.112. The maximum absolute atomic E-state index is 14.2. The molecule has 47 heavy (non-hydrogen) atoms. The summed E-state index contributed by atoms with van der Waals surface area (Å²) in [6.45, 7) is 6.27. The van der Waals surface area contributed by atoms with Gasteiger partial charge in [-0.3, -0.25) is 9.59 Å². The van der Waals surface area contributed by atoms with Gasteiger partial charge < -0.3 is 19.7 Å². The SMILES string of the molecule is CCOC(=O)C1CC1CNCC(Cc1ccc(CCCOc2c(Cl)cc(C)cc2Cl)cc1)C(=O)N(Cc1cccc(Cl)c1Cl)C1CC1. The lowest BCUT2D eigenvalue weighted by atomic mass is 9.95. The first-order valence-corrected chi connectivity index (χ1v) is 17.9. The number of hydrogen-bond donors (Lipinski definition) is 1. The molecule has 0 aromatic heterocycles. The Morgan fingerprint density at radius 2 is 1.68 bits per heavy atom. The topological polar surface area (TPSA) is 67.9 Å². The fourth-order valence-electron chi connectivity index (χ4n) is 5.96. The molecule has 0 bridgehead atoms. The number of halogens is 4. The minimum atomic E-state index is -0.281. The number of nitrogens with one attached hydrogen (secondary N) is 1. The third kappa shape index (κ3) is 10.0. The van der Waals surface area contributed by atoms with Gasteiger partial charge in [-0.25, -0.2) is 0 Å². The number of amides is 1. The Labute approximate surface area is 298 Å². The molecule has 2 saturated carbocycles. The van der Waals surface area contributed by atoms with Crippen molar-refractivity contribution >= 4 is 58.3 Å². The smallest absolute Gasteiger partial charge is 0.309 e. The van der Waals surface area contributed by atoms with Gasteiger partial charge in [-0.15, -0.1) is 0 Å². The van der Waals surface area contributed by atoms with E-state index in [9.17, 15) is 9.59 Å². The maximum Gasteiger partial charge on any atom is 0.309 e. The van der Waals surface area contributed by atoms with Crippen LogP contribution >= 0.6 is 46.4 Å². The van der Waals surface area contributed by atoms with Gasteiger partial charge in [0.2, 0.25) is 5.91 Å². The highest BCUT2D eigenvalue weighted by atomic mass is 35.5. The van der Waals surface area contributed by atoms with Gasteiger partial charge in [0.1, 0.15) is 0 Å². The summed E-state index contributed by atoms with van der Waals surface area (Å²) >= 11 is 25.5. The van der Waals surface area contributed by atoms with Crippen molar-refractivity contribution in [3.05, 3.63) is 96.9 Å². The summed E-state index contributed by atoms with van der Waals surface area (Å²) in [5, 5.41) is 5.53. The van der Waals surface area contributed by atoms with E-state index in [1.165, 1.54) is 5.56 Å². The Bertz CT molecular complexity index is 1520. The second-order valence-corrected chi connectivity index (χ2v) is 14.2. The van der Waals surface area contributed by atoms with Crippen LogP contribution in [0.5, 0.6) is 5.75 Å². The molecule has 0 radical (unpaired) electrons. The largest absolute Gasteiger partial charge is 0.490 e. The molecule has 1 amide bonds. The second kappa shape index (κ2) is 16.8. The predicted molar refractivity (Wildman–Crippen MR) is 190 cm³/mol. The Morgan fingerprint density at radius 1 is 0.979 bits per heavy atom. The summed E-state index contributed by atoms with van der Waals surface area (Å²) < 4.78 is 11.1. The predicted octanol–water partition coefficient (Wildman–Crippen LogP) is 8.76. The molecule has 3 unspecified atom stereocenters. The fraction of sp³-hybridized carbons (Fsp3) is 0.459. The molecule has 5 rings (SSSR count). The van der Waals surface area contributed by atoms with Gasteiger partial charge in [0, 0.05) is 19.1 Å². The number of ether oxygens (including phenoxy) is 2. The third-order valence-corrected chi connectivity index (χ3v) is 10.2. The third-order valence-electron chi connectivity index (χ3n) is 8.81. The van der Waals surface area contributed by atoms with E-state index in [0.29, 0.717) is 65.1 Å². The Hall–Kier alpha value is -2.48. The molecule has 6 nitrogen and oxygen atoms in total. The van der Waals surface area contributed by atoms with Gasteiger partial charge >= 0.3 is 5.97 Å². The lowest BCUT2D eigenvalue weighted by molar-refractivity contribution is -0.145. The molecular weight excluding hydrogens is 678 g/mol. The number of carbonyl (C=O) groups is 2. The van der Waals surface area contributed by atoms with Crippen LogP contribution in [0.4, 0.5) is 0 Å². The van der Waals surface area contributed by atoms with Crippen molar-refractivity contribution in [3.8, 4) is 5.75 Å². The van der Waals surface area contributed by atoms with Crippen LogP contribution in [0.2, 0.25) is 20.1 Å². The lowest BCUT2D eigenvalue weighted by Crippen LogP contribution is -2.42. The van der Waals surface area contributed by atoms with Crippen LogP contribution in [-0.2, 0) is 33.7 Å². The van der Waals surface area contributed by atoms with Gasteiger partial charge in [-0.05, 0) is 105 Å². The highest BCUT2D eigenvalue weighted by molar-refractivity contribution is 6.42. The average Bonchev–Trinajstić information content (AvgIpc) is 3.97. The van der Waals surface area contributed by atoms with Crippen molar-refractivity contribution in [2.75, 3.05) is 26.3 Å². The number of carbonyl (C=O) groups excluding carboxylic acids is 2. The first-order valence-electron chi connectivity index (χ1n) is 16.4. The molecule has 3 aromatic carbocycles. The van der Waals surface area contributed by atoms with E-state index in [1.54, 1.807) is 6.07 Å². The summed E-state index contributed by atoms with van der Waals surface area (Å²) in [6, 6.07) is 17.9. The number of benzene rings is 3. The molecule has 3 atom stereocenters. The molecule has 252 valence electrons. The van der Waals surface area contributed by atoms with E-state index in [0.717, 1.165) is 48.8 Å². The van der Waals surface area contributed by atoms with Gasteiger partial charge in [-0.2, -0.15) is 0 Å². The molecule has 0 aliphatic heterocycles. The van der Waals surface area contributed by atoms with Crippen molar-refractivity contribution in [2.24, 2.45) is 17.8 Å². The number of aryl methyl sites for hydroxylation is 2. The molecule has 2 aliphatic rings. The zero-order valence-corrected chi connectivity index (χ0v) is 29.9. The lowest BCUT2D eigenvalue weighted by Gasteiger charge is -2.28. The van der Waals surface area contributed by atoms with E-state index >= 15 is 0 Å². The summed E-state index contributed by atoms with van der Waals surface area (Å²) in [5.41, 5.74) is 4.12. The average molecular weight is 721 g/mol. The normalized spacial score (nSPS) is 17.7. The Kier molecular flexibility index (Phi) is 12.8. The van der Waals surface area contributed by atoms with Gasteiger partial charge in [0.25, 0.3) is 0 Å². The van der Waals surface area contributed by atoms with Crippen LogP contribution in [0.25, 0.3) is 0 Å². The first kappa shape index (κ1) is 35.8. The van der Waals surface area contributed by atoms with Crippen LogP contribution in [-0.4, -0.2) is 49.1 Å². The minimum absolute atomic E-state index is 0.0478. The summed E-state index contributed by atoms with van der Waals surface area (Å²) in [7, 11) is 0. The summed E-state index contributed by atoms with van der Waals surface area (Å²) in [4.78, 5) is 28.3. The van der Waals surface area contributed by atoms with Crippen LogP contribution < -0.4 is 10.1 Å². The Balaban J connectivity index is 1.21. The number of esters is 1. The van der Waals surface area contributed by atoms with Crippen molar-refractivity contribution in [1.29, 1.82) is 0 Å². The summed E-state index contributed by atoms with van der Waals surface area (Å²) in [6.07, 6.45) is 5.02. The zero-order valence-electron chi connectivity index (χ0n) is 26.9. The number of nitrogens with zero attached hydrogens (tertiary/aromatic N) is 1. The molecular formula is C37H42Cl4N2O4. The van der Waals surface area contributed by atoms with Crippen molar-refractivity contribution < 1.29 is 19.1 Å². The van der Waals surface area contributed by atoms with E-state index in [1.807, 2.05) is 43.0 Å². The molecule has 2 fully saturated rings.